The predicted molar refractivity (Wildman–Crippen MR) is 102 cm³/mol. The maximum atomic E-state index is 12.5. The van der Waals surface area contributed by atoms with E-state index in [1.807, 2.05) is 31.2 Å². The minimum atomic E-state index is -0.753. The lowest BCUT2D eigenvalue weighted by molar-refractivity contribution is -0.386. The Balaban J connectivity index is 1.70. The summed E-state index contributed by atoms with van der Waals surface area (Å²) in [5.41, 5.74) is 2.75. The Morgan fingerprint density at radius 2 is 1.89 bits per heavy atom. The minimum absolute atomic E-state index is 0.0832. The van der Waals surface area contributed by atoms with E-state index in [-0.39, 0.29) is 17.3 Å². The van der Waals surface area contributed by atoms with Crippen LogP contribution < -0.4 is 5.32 Å². The van der Waals surface area contributed by atoms with Crippen LogP contribution in [0.1, 0.15) is 35.5 Å². The van der Waals surface area contributed by atoms with Crippen molar-refractivity contribution in [3.8, 4) is 0 Å². The van der Waals surface area contributed by atoms with Crippen molar-refractivity contribution in [3.63, 3.8) is 0 Å². The third-order valence-electron chi connectivity index (χ3n) is 4.45. The maximum absolute atomic E-state index is 12.5. The second-order valence-corrected chi connectivity index (χ2v) is 6.64. The summed E-state index contributed by atoms with van der Waals surface area (Å²) >= 11 is 0. The van der Waals surface area contributed by atoms with Gasteiger partial charge in [-0.05, 0) is 33.3 Å². The van der Waals surface area contributed by atoms with Crippen LogP contribution in [0.2, 0.25) is 0 Å². The van der Waals surface area contributed by atoms with Gasteiger partial charge in [0.15, 0.2) is 0 Å². The molecular formula is C18H21N7O3. The highest BCUT2D eigenvalue weighted by Gasteiger charge is 2.27. The summed E-state index contributed by atoms with van der Waals surface area (Å²) < 4.78 is 2.96. The number of hydrogen-bond donors (Lipinski definition) is 1. The molecule has 3 aromatic rings. The number of anilines is 1. The van der Waals surface area contributed by atoms with Gasteiger partial charge in [-0.3, -0.25) is 24.9 Å². The first-order valence-corrected chi connectivity index (χ1v) is 8.72. The smallest absolute Gasteiger partial charge is 0.291 e. The number of hydrogen-bond acceptors (Lipinski definition) is 6. The Labute approximate surface area is 161 Å². The Morgan fingerprint density at radius 1 is 1.21 bits per heavy atom. The molecule has 146 valence electrons. The van der Waals surface area contributed by atoms with Gasteiger partial charge < -0.3 is 0 Å². The molecule has 0 saturated heterocycles. The molecule has 3 rings (SSSR count). The number of nitrogens with zero attached hydrogens (tertiary/aromatic N) is 6. The average molecular weight is 383 g/mol. The fourth-order valence-electron chi connectivity index (χ4n) is 2.93. The van der Waals surface area contributed by atoms with Crippen LogP contribution in [0.15, 0.2) is 30.6 Å². The Morgan fingerprint density at radius 3 is 2.50 bits per heavy atom. The maximum Gasteiger partial charge on any atom is 0.312 e. The van der Waals surface area contributed by atoms with Gasteiger partial charge in [-0.15, -0.1) is 5.10 Å². The molecule has 2 aromatic heterocycles. The Kier molecular flexibility index (Phi) is 5.21. The monoisotopic (exact) mass is 383 g/mol. The minimum Gasteiger partial charge on any atom is -0.291 e. The zero-order valence-corrected chi connectivity index (χ0v) is 16.1. The summed E-state index contributed by atoms with van der Waals surface area (Å²) in [6, 6.07) is 7.30. The van der Waals surface area contributed by atoms with Crippen molar-refractivity contribution in [3.05, 3.63) is 63.2 Å². The predicted octanol–water partition coefficient (Wildman–Crippen LogP) is 2.56. The zero-order chi connectivity index (χ0) is 20.4. The van der Waals surface area contributed by atoms with Crippen LogP contribution >= 0.6 is 0 Å². The molecule has 1 unspecified atom stereocenters. The van der Waals surface area contributed by atoms with Crippen LogP contribution in [0.3, 0.4) is 0 Å². The Hall–Kier alpha value is -3.56. The van der Waals surface area contributed by atoms with E-state index in [0.29, 0.717) is 12.2 Å². The average Bonchev–Trinajstić information content (AvgIpc) is 3.19. The lowest BCUT2D eigenvalue weighted by Crippen LogP contribution is -2.26. The lowest BCUT2D eigenvalue weighted by Gasteiger charge is -2.12. The van der Waals surface area contributed by atoms with Crippen LogP contribution in [-0.2, 0) is 11.3 Å². The van der Waals surface area contributed by atoms with Gasteiger partial charge >= 0.3 is 5.69 Å². The Bertz CT molecular complexity index is 1020. The van der Waals surface area contributed by atoms with E-state index in [2.05, 4.69) is 20.5 Å². The number of nitro groups is 1. The first-order valence-electron chi connectivity index (χ1n) is 8.72. The van der Waals surface area contributed by atoms with Crippen LogP contribution in [0, 0.1) is 30.9 Å². The fraction of sp³-hybridized carbons (Fsp3) is 0.333. The molecule has 2 heterocycles. The molecule has 1 atom stereocenters. The first-order chi connectivity index (χ1) is 13.3. The second kappa shape index (κ2) is 7.59. The van der Waals surface area contributed by atoms with Gasteiger partial charge in [0.2, 0.25) is 5.95 Å². The highest BCUT2D eigenvalue weighted by molar-refractivity contribution is 5.91. The molecule has 0 aliphatic carbocycles. The number of carbonyl (C=O) groups excluding carboxylic acids is 1. The molecular weight excluding hydrogens is 362 g/mol. The van der Waals surface area contributed by atoms with Gasteiger partial charge in [0.05, 0.1) is 11.5 Å². The van der Waals surface area contributed by atoms with E-state index < -0.39 is 16.9 Å². The molecule has 1 N–H and O–H groups in total. The number of aryl methyl sites for hydroxylation is 2. The van der Waals surface area contributed by atoms with Crippen molar-refractivity contribution < 1.29 is 9.72 Å². The molecule has 28 heavy (non-hydrogen) atoms. The third-order valence-corrected chi connectivity index (χ3v) is 4.45. The summed E-state index contributed by atoms with van der Waals surface area (Å²) in [6.45, 7) is 7.27. The quantitative estimate of drug-likeness (QED) is 0.516. The van der Waals surface area contributed by atoms with E-state index in [9.17, 15) is 14.9 Å². The second-order valence-electron chi connectivity index (χ2n) is 6.64. The van der Waals surface area contributed by atoms with Crippen molar-refractivity contribution in [1.29, 1.82) is 0 Å². The molecule has 10 nitrogen and oxygen atoms in total. The third kappa shape index (κ3) is 3.90. The molecule has 0 bridgehead atoms. The zero-order valence-electron chi connectivity index (χ0n) is 16.1. The van der Waals surface area contributed by atoms with E-state index in [4.69, 9.17) is 0 Å². The van der Waals surface area contributed by atoms with Crippen molar-refractivity contribution in [1.82, 2.24) is 24.5 Å². The molecule has 0 radical (unpaired) electrons. The summed E-state index contributed by atoms with van der Waals surface area (Å²) in [4.78, 5) is 27.3. The lowest BCUT2D eigenvalue weighted by atomic mass is 10.1. The molecule has 1 aromatic carbocycles. The van der Waals surface area contributed by atoms with Gasteiger partial charge in [-0.25, -0.2) is 9.67 Å². The van der Waals surface area contributed by atoms with Gasteiger partial charge in [-0.1, -0.05) is 29.8 Å². The number of amides is 1. The molecule has 0 fully saturated rings. The largest absolute Gasteiger partial charge is 0.312 e. The fourth-order valence-corrected chi connectivity index (χ4v) is 2.93. The standard InChI is InChI=1S/C18H21N7O3/c1-11-5-7-15(8-6-11)9-23-10-19-18(22-23)20-17(26)14(4)24-13(3)16(25(27)28)12(2)21-24/h5-8,10,14H,9H2,1-4H3,(H,20,22,26). The van der Waals surface area contributed by atoms with Gasteiger partial charge in [0, 0.05) is 0 Å². The molecule has 0 aliphatic rings. The summed E-state index contributed by atoms with van der Waals surface area (Å²) in [7, 11) is 0. The number of aromatic nitrogens is 5. The summed E-state index contributed by atoms with van der Waals surface area (Å²) in [6.07, 6.45) is 1.54. The van der Waals surface area contributed by atoms with E-state index in [1.165, 1.54) is 16.6 Å². The molecule has 1 amide bonds. The highest BCUT2D eigenvalue weighted by Crippen LogP contribution is 2.24. The van der Waals surface area contributed by atoms with Crippen molar-refractivity contribution in [2.45, 2.75) is 40.3 Å². The van der Waals surface area contributed by atoms with Crippen molar-refractivity contribution in [2.24, 2.45) is 0 Å². The number of nitrogens with one attached hydrogen (secondary N) is 1. The summed E-state index contributed by atoms with van der Waals surface area (Å²) in [5, 5.41) is 22.2. The molecule has 10 heteroatoms. The van der Waals surface area contributed by atoms with Gasteiger partial charge in [-0.2, -0.15) is 5.10 Å². The van der Waals surface area contributed by atoms with Crippen LogP contribution in [0.5, 0.6) is 0 Å². The normalized spacial score (nSPS) is 12.0. The summed E-state index contributed by atoms with van der Waals surface area (Å²) in [5.74, 6) is -0.242. The van der Waals surface area contributed by atoms with Gasteiger partial charge in [0.25, 0.3) is 5.91 Å². The number of benzene rings is 1. The molecule has 0 spiro atoms. The highest BCUT2D eigenvalue weighted by atomic mass is 16.6. The van der Waals surface area contributed by atoms with E-state index in [0.717, 1.165) is 5.56 Å². The van der Waals surface area contributed by atoms with Crippen LogP contribution in [-0.4, -0.2) is 35.4 Å². The number of rotatable bonds is 6. The van der Waals surface area contributed by atoms with Gasteiger partial charge in [0.1, 0.15) is 23.8 Å². The molecule has 0 aliphatic heterocycles. The topological polar surface area (TPSA) is 121 Å². The van der Waals surface area contributed by atoms with Crippen LogP contribution in [0.4, 0.5) is 11.6 Å². The van der Waals surface area contributed by atoms with E-state index in [1.54, 1.807) is 25.5 Å². The van der Waals surface area contributed by atoms with Crippen LogP contribution in [0.25, 0.3) is 0 Å². The SMILES string of the molecule is Cc1ccc(Cn2cnc(NC(=O)C(C)n3nc(C)c([N+](=O)[O-])c3C)n2)cc1. The number of carbonyl (C=O) groups is 1. The molecule has 0 saturated carbocycles. The van der Waals surface area contributed by atoms with E-state index >= 15 is 0 Å². The first kappa shape index (κ1) is 19.2. The van der Waals surface area contributed by atoms with Crippen molar-refractivity contribution >= 4 is 17.5 Å². The van der Waals surface area contributed by atoms with Crippen molar-refractivity contribution in [2.75, 3.05) is 5.32 Å².